The Morgan fingerprint density at radius 3 is 2.88 bits per heavy atom. The number of thiophene rings is 1. The monoisotopic (exact) mass is 267 g/mol. The minimum atomic E-state index is -0.405. The van der Waals surface area contributed by atoms with Crippen LogP contribution in [0.5, 0.6) is 0 Å². The van der Waals surface area contributed by atoms with Gasteiger partial charge in [-0.1, -0.05) is 23.7 Å². The summed E-state index contributed by atoms with van der Waals surface area (Å²) in [6.07, 6.45) is 0. The molecule has 0 radical (unpaired) electrons. The van der Waals surface area contributed by atoms with Gasteiger partial charge < -0.3 is 10.5 Å². The van der Waals surface area contributed by atoms with E-state index in [1.807, 2.05) is 12.1 Å². The lowest BCUT2D eigenvalue weighted by atomic mass is 10.2. The molecule has 0 spiro atoms. The van der Waals surface area contributed by atoms with Gasteiger partial charge >= 0.3 is 5.97 Å². The Morgan fingerprint density at radius 2 is 2.24 bits per heavy atom. The van der Waals surface area contributed by atoms with Crippen LogP contribution in [0, 0.1) is 0 Å². The topological polar surface area (TPSA) is 52.3 Å². The Hall–Kier alpha value is -1.52. The molecule has 0 fully saturated rings. The SMILES string of the molecule is Nc1ccsc1C(=O)OCc1cccc(Cl)c1. The quantitative estimate of drug-likeness (QED) is 0.868. The van der Waals surface area contributed by atoms with Crippen molar-refractivity contribution in [3.63, 3.8) is 0 Å². The Morgan fingerprint density at radius 1 is 1.41 bits per heavy atom. The number of nitrogens with two attached hydrogens (primary N) is 1. The number of nitrogen functional groups attached to an aromatic ring is 1. The fraction of sp³-hybridized carbons (Fsp3) is 0.0833. The van der Waals surface area contributed by atoms with Crippen molar-refractivity contribution in [1.82, 2.24) is 0 Å². The van der Waals surface area contributed by atoms with Crippen LogP contribution >= 0.6 is 22.9 Å². The van der Waals surface area contributed by atoms with Crippen molar-refractivity contribution in [2.45, 2.75) is 6.61 Å². The van der Waals surface area contributed by atoms with Gasteiger partial charge in [-0.3, -0.25) is 0 Å². The summed E-state index contributed by atoms with van der Waals surface area (Å²) in [7, 11) is 0. The van der Waals surface area contributed by atoms with Crippen LogP contribution in [-0.2, 0) is 11.3 Å². The first-order valence-electron chi connectivity index (χ1n) is 4.91. The van der Waals surface area contributed by atoms with Crippen molar-refractivity contribution in [2.75, 3.05) is 5.73 Å². The van der Waals surface area contributed by atoms with Crippen molar-refractivity contribution < 1.29 is 9.53 Å². The Kier molecular flexibility index (Phi) is 3.66. The second kappa shape index (κ2) is 5.21. The van der Waals surface area contributed by atoms with Gasteiger partial charge in [-0.05, 0) is 29.1 Å². The molecule has 2 rings (SSSR count). The highest BCUT2D eigenvalue weighted by Crippen LogP contribution is 2.20. The first-order valence-corrected chi connectivity index (χ1v) is 6.17. The summed E-state index contributed by atoms with van der Waals surface area (Å²) in [6.45, 7) is 0.191. The van der Waals surface area contributed by atoms with E-state index in [0.29, 0.717) is 15.6 Å². The number of ether oxygens (including phenoxy) is 1. The second-order valence-corrected chi connectivity index (χ2v) is 4.76. The van der Waals surface area contributed by atoms with Crippen molar-refractivity contribution >= 4 is 34.6 Å². The average molecular weight is 268 g/mol. The van der Waals surface area contributed by atoms with Crippen LogP contribution in [0.4, 0.5) is 5.69 Å². The van der Waals surface area contributed by atoms with Crippen LogP contribution in [0.1, 0.15) is 15.2 Å². The maximum Gasteiger partial charge on any atom is 0.350 e. The predicted molar refractivity (Wildman–Crippen MR) is 69.3 cm³/mol. The number of esters is 1. The lowest BCUT2D eigenvalue weighted by Gasteiger charge is -2.04. The number of rotatable bonds is 3. The zero-order valence-corrected chi connectivity index (χ0v) is 10.4. The fourth-order valence-electron chi connectivity index (χ4n) is 1.33. The van der Waals surface area contributed by atoms with E-state index in [2.05, 4.69) is 0 Å². The first kappa shape index (κ1) is 12.0. The molecule has 3 nitrogen and oxygen atoms in total. The zero-order valence-electron chi connectivity index (χ0n) is 8.85. The molecule has 1 aromatic carbocycles. The van der Waals surface area contributed by atoms with E-state index in [1.54, 1.807) is 23.6 Å². The number of hydrogen-bond acceptors (Lipinski definition) is 4. The van der Waals surface area contributed by atoms with E-state index < -0.39 is 5.97 Å². The molecule has 2 aromatic rings. The van der Waals surface area contributed by atoms with Gasteiger partial charge in [-0.2, -0.15) is 0 Å². The molecular weight excluding hydrogens is 258 g/mol. The van der Waals surface area contributed by atoms with Gasteiger partial charge in [0.15, 0.2) is 0 Å². The normalized spacial score (nSPS) is 10.2. The summed E-state index contributed by atoms with van der Waals surface area (Å²) in [5, 5.41) is 2.37. The highest BCUT2D eigenvalue weighted by atomic mass is 35.5. The van der Waals surface area contributed by atoms with Crippen LogP contribution in [0.25, 0.3) is 0 Å². The molecule has 17 heavy (non-hydrogen) atoms. The van der Waals surface area contributed by atoms with Gasteiger partial charge in [0.2, 0.25) is 0 Å². The van der Waals surface area contributed by atoms with Gasteiger partial charge in [-0.25, -0.2) is 4.79 Å². The number of carbonyl (C=O) groups is 1. The molecule has 0 unspecified atom stereocenters. The number of carbonyl (C=O) groups excluding carboxylic acids is 1. The summed E-state index contributed by atoms with van der Waals surface area (Å²) in [6, 6.07) is 8.86. The first-order chi connectivity index (χ1) is 8.16. The lowest BCUT2D eigenvalue weighted by molar-refractivity contribution is 0.0479. The van der Waals surface area contributed by atoms with Gasteiger partial charge in [0.25, 0.3) is 0 Å². The number of benzene rings is 1. The Balaban J connectivity index is 1.99. The maximum atomic E-state index is 11.7. The molecule has 0 aliphatic rings. The zero-order chi connectivity index (χ0) is 12.3. The minimum Gasteiger partial charge on any atom is -0.457 e. The van der Waals surface area contributed by atoms with Gasteiger partial charge in [-0.15, -0.1) is 11.3 Å². The van der Waals surface area contributed by atoms with Gasteiger partial charge in [0.1, 0.15) is 11.5 Å². The molecule has 1 aromatic heterocycles. The van der Waals surface area contributed by atoms with E-state index >= 15 is 0 Å². The van der Waals surface area contributed by atoms with Crippen LogP contribution in [-0.4, -0.2) is 5.97 Å². The third kappa shape index (κ3) is 2.99. The number of anilines is 1. The van der Waals surface area contributed by atoms with E-state index in [1.165, 1.54) is 11.3 Å². The molecule has 5 heteroatoms. The van der Waals surface area contributed by atoms with E-state index in [4.69, 9.17) is 22.1 Å². The summed E-state index contributed by atoms with van der Waals surface area (Å²) >= 11 is 7.10. The summed E-state index contributed by atoms with van der Waals surface area (Å²) in [5.41, 5.74) is 6.92. The van der Waals surface area contributed by atoms with Crippen molar-refractivity contribution in [3.05, 3.63) is 51.2 Å². The standard InChI is InChI=1S/C12H10ClNO2S/c13-9-3-1-2-8(6-9)7-16-12(15)11-10(14)4-5-17-11/h1-6H,7,14H2. The van der Waals surface area contributed by atoms with Gasteiger partial charge in [0.05, 0.1) is 5.69 Å². The smallest absolute Gasteiger partial charge is 0.350 e. The lowest BCUT2D eigenvalue weighted by Crippen LogP contribution is -2.05. The fourth-order valence-corrected chi connectivity index (χ4v) is 2.25. The number of halogens is 1. The Bertz CT molecular complexity index is 539. The molecule has 0 bridgehead atoms. The third-order valence-corrected chi connectivity index (χ3v) is 3.29. The molecule has 0 saturated carbocycles. The third-order valence-electron chi connectivity index (χ3n) is 2.14. The molecule has 0 amide bonds. The molecule has 0 aliphatic carbocycles. The van der Waals surface area contributed by atoms with Gasteiger partial charge in [0, 0.05) is 5.02 Å². The molecule has 88 valence electrons. The molecule has 2 N–H and O–H groups in total. The predicted octanol–water partition coefficient (Wildman–Crippen LogP) is 3.34. The van der Waals surface area contributed by atoms with Crippen molar-refractivity contribution in [3.8, 4) is 0 Å². The van der Waals surface area contributed by atoms with Crippen molar-refractivity contribution in [1.29, 1.82) is 0 Å². The minimum absolute atomic E-state index is 0.191. The molecule has 0 aliphatic heterocycles. The second-order valence-electron chi connectivity index (χ2n) is 3.41. The van der Waals surface area contributed by atoms with Crippen LogP contribution in [0.15, 0.2) is 35.7 Å². The maximum absolute atomic E-state index is 11.7. The molecule has 1 heterocycles. The van der Waals surface area contributed by atoms with Crippen LogP contribution < -0.4 is 5.73 Å². The molecular formula is C12H10ClNO2S. The van der Waals surface area contributed by atoms with E-state index in [0.717, 1.165) is 5.56 Å². The van der Waals surface area contributed by atoms with Crippen LogP contribution in [0.2, 0.25) is 5.02 Å². The van der Waals surface area contributed by atoms with E-state index in [9.17, 15) is 4.79 Å². The van der Waals surface area contributed by atoms with Crippen molar-refractivity contribution in [2.24, 2.45) is 0 Å². The molecule has 0 saturated heterocycles. The Labute approximate surface area is 108 Å². The highest BCUT2D eigenvalue weighted by molar-refractivity contribution is 7.12. The largest absolute Gasteiger partial charge is 0.457 e. The average Bonchev–Trinajstić information content (AvgIpc) is 2.72. The number of hydrogen-bond donors (Lipinski definition) is 1. The highest BCUT2D eigenvalue weighted by Gasteiger charge is 2.12. The van der Waals surface area contributed by atoms with Crippen LogP contribution in [0.3, 0.4) is 0 Å². The summed E-state index contributed by atoms with van der Waals surface area (Å²) in [4.78, 5) is 12.1. The van der Waals surface area contributed by atoms with E-state index in [-0.39, 0.29) is 6.61 Å². The summed E-state index contributed by atoms with van der Waals surface area (Å²) < 4.78 is 5.14. The summed E-state index contributed by atoms with van der Waals surface area (Å²) in [5.74, 6) is -0.405. The molecule has 0 atom stereocenters.